The third-order valence-corrected chi connectivity index (χ3v) is 2.59. The van der Waals surface area contributed by atoms with Crippen LogP contribution < -0.4 is 5.32 Å². The van der Waals surface area contributed by atoms with Crippen molar-refractivity contribution in [2.45, 2.75) is 52.5 Å². The Kier molecular flexibility index (Phi) is 7.15. The van der Waals surface area contributed by atoms with Gasteiger partial charge in [-0.25, -0.2) is 0 Å². The molecule has 0 saturated heterocycles. The van der Waals surface area contributed by atoms with Crippen molar-refractivity contribution in [3.63, 3.8) is 0 Å². The lowest BCUT2D eigenvalue weighted by molar-refractivity contribution is -0.121. The molecule has 86 valence electrons. The fraction of sp³-hybridized carbons (Fsp3) is 1.00. The van der Waals surface area contributed by atoms with Gasteiger partial charge in [0.2, 0.25) is 0 Å². The molecule has 0 spiro atoms. The summed E-state index contributed by atoms with van der Waals surface area (Å²) in [4.78, 5) is 0. The summed E-state index contributed by atoms with van der Waals surface area (Å²) < 4.78 is 10.4. The molecular formula is C11H25NO2. The molecular weight excluding hydrogens is 178 g/mol. The number of nitrogens with one attached hydrogen (secondary N) is 1. The average molecular weight is 203 g/mol. The predicted octanol–water partition coefficient (Wildman–Crippen LogP) is 2.02. The van der Waals surface area contributed by atoms with Crippen molar-refractivity contribution < 1.29 is 9.47 Å². The fourth-order valence-electron chi connectivity index (χ4n) is 1.70. The molecule has 1 N–H and O–H groups in total. The minimum atomic E-state index is -0.164. The molecule has 0 aromatic carbocycles. The van der Waals surface area contributed by atoms with Gasteiger partial charge in [0.25, 0.3) is 0 Å². The summed E-state index contributed by atoms with van der Waals surface area (Å²) in [5.74, 6) is 0.636. The summed E-state index contributed by atoms with van der Waals surface area (Å²) >= 11 is 0. The summed E-state index contributed by atoms with van der Waals surface area (Å²) in [7, 11) is 3.34. The van der Waals surface area contributed by atoms with Crippen molar-refractivity contribution in [3.8, 4) is 0 Å². The molecule has 0 saturated carbocycles. The molecule has 0 heterocycles. The van der Waals surface area contributed by atoms with Crippen molar-refractivity contribution in [1.29, 1.82) is 0 Å². The normalized spacial score (nSPS) is 16.3. The number of hydrogen-bond donors (Lipinski definition) is 1. The molecule has 0 aliphatic carbocycles. The third-order valence-electron chi connectivity index (χ3n) is 2.59. The van der Waals surface area contributed by atoms with E-state index in [4.69, 9.17) is 9.47 Å². The lowest BCUT2D eigenvalue weighted by Gasteiger charge is -2.29. The maximum atomic E-state index is 5.20. The highest BCUT2D eigenvalue weighted by Crippen LogP contribution is 2.08. The third kappa shape index (κ3) is 4.40. The Balaban J connectivity index is 4.06. The molecule has 0 aliphatic heterocycles. The van der Waals surface area contributed by atoms with Crippen molar-refractivity contribution in [3.05, 3.63) is 0 Å². The molecule has 0 aromatic heterocycles. The Morgan fingerprint density at radius 3 is 1.86 bits per heavy atom. The lowest BCUT2D eigenvalue weighted by atomic mass is 10.0. The molecule has 3 nitrogen and oxygen atoms in total. The van der Waals surface area contributed by atoms with Gasteiger partial charge in [-0.1, -0.05) is 20.8 Å². The first kappa shape index (κ1) is 13.9. The lowest BCUT2D eigenvalue weighted by Crippen LogP contribution is -2.46. The first-order chi connectivity index (χ1) is 6.56. The Labute approximate surface area is 88.2 Å². The molecule has 0 fully saturated rings. The molecule has 0 aromatic rings. The first-order valence-electron chi connectivity index (χ1n) is 5.38. The summed E-state index contributed by atoms with van der Waals surface area (Å²) in [6.45, 7) is 8.73. The van der Waals surface area contributed by atoms with Crippen LogP contribution in [0.25, 0.3) is 0 Å². The van der Waals surface area contributed by atoms with E-state index in [1.807, 2.05) is 0 Å². The first-order valence-corrected chi connectivity index (χ1v) is 5.38. The highest BCUT2D eigenvalue weighted by molar-refractivity contribution is 4.74. The number of ether oxygens (including phenoxy) is 2. The van der Waals surface area contributed by atoms with E-state index in [1.165, 1.54) is 0 Å². The summed E-state index contributed by atoms with van der Waals surface area (Å²) in [6.07, 6.45) is 0.963. The van der Waals surface area contributed by atoms with Crippen LogP contribution in [0.2, 0.25) is 0 Å². The highest BCUT2D eigenvalue weighted by Gasteiger charge is 2.20. The molecule has 0 aliphatic rings. The van der Waals surface area contributed by atoms with Gasteiger partial charge in [0, 0.05) is 20.3 Å². The summed E-state index contributed by atoms with van der Waals surface area (Å²) in [5.41, 5.74) is 0. The van der Waals surface area contributed by atoms with E-state index < -0.39 is 0 Å². The number of hydrogen-bond acceptors (Lipinski definition) is 3. The standard InChI is InChI=1S/C11H25NO2/c1-7-10(8(2)3)12-9(4)11(13-5)14-6/h8-12H,7H2,1-6H3. The zero-order valence-electron chi connectivity index (χ0n) is 10.3. The van der Waals surface area contributed by atoms with Crippen LogP contribution in [-0.2, 0) is 9.47 Å². The Bertz CT molecular complexity index is 135. The van der Waals surface area contributed by atoms with Crippen LogP contribution in [-0.4, -0.2) is 32.6 Å². The molecule has 0 amide bonds. The zero-order chi connectivity index (χ0) is 11.1. The van der Waals surface area contributed by atoms with Gasteiger partial charge in [-0.15, -0.1) is 0 Å². The monoisotopic (exact) mass is 203 g/mol. The molecule has 3 heteroatoms. The second-order valence-electron chi connectivity index (χ2n) is 4.05. The van der Waals surface area contributed by atoms with Crippen LogP contribution in [0.1, 0.15) is 34.1 Å². The topological polar surface area (TPSA) is 30.5 Å². The Morgan fingerprint density at radius 1 is 1.07 bits per heavy atom. The van der Waals surface area contributed by atoms with Gasteiger partial charge >= 0.3 is 0 Å². The molecule has 2 atom stereocenters. The average Bonchev–Trinajstić information content (AvgIpc) is 2.15. The predicted molar refractivity (Wildman–Crippen MR) is 59.3 cm³/mol. The van der Waals surface area contributed by atoms with E-state index in [1.54, 1.807) is 14.2 Å². The van der Waals surface area contributed by atoms with Gasteiger partial charge in [0.1, 0.15) is 0 Å². The van der Waals surface area contributed by atoms with E-state index >= 15 is 0 Å². The van der Waals surface area contributed by atoms with E-state index in [0.29, 0.717) is 12.0 Å². The minimum absolute atomic E-state index is 0.164. The SMILES string of the molecule is CCC(NC(C)C(OC)OC)C(C)C. The zero-order valence-corrected chi connectivity index (χ0v) is 10.3. The van der Waals surface area contributed by atoms with Crippen molar-refractivity contribution in [1.82, 2.24) is 5.32 Å². The van der Waals surface area contributed by atoms with Crippen LogP contribution in [0.4, 0.5) is 0 Å². The number of methoxy groups -OCH3 is 2. The van der Waals surface area contributed by atoms with Gasteiger partial charge in [-0.05, 0) is 19.3 Å². The van der Waals surface area contributed by atoms with Crippen LogP contribution in [0.15, 0.2) is 0 Å². The van der Waals surface area contributed by atoms with Gasteiger partial charge in [0.15, 0.2) is 6.29 Å². The van der Waals surface area contributed by atoms with Crippen molar-refractivity contribution in [2.24, 2.45) is 5.92 Å². The van der Waals surface area contributed by atoms with Crippen LogP contribution in [0.5, 0.6) is 0 Å². The second kappa shape index (κ2) is 7.21. The van der Waals surface area contributed by atoms with Crippen LogP contribution >= 0.6 is 0 Å². The van der Waals surface area contributed by atoms with Crippen LogP contribution in [0.3, 0.4) is 0 Å². The molecule has 0 bridgehead atoms. The fourth-order valence-corrected chi connectivity index (χ4v) is 1.70. The van der Waals surface area contributed by atoms with E-state index in [0.717, 1.165) is 6.42 Å². The highest BCUT2D eigenvalue weighted by atomic mass is 16.7. The van der Waals surface area contributed by atoms with Gasteiger partial charge in [-0.3, -0.25) is 0 Å². The molecule has 2 unspecified atom stereocenters. The summed E-state index contributed by atoms with van der Waals surface area (Å²) in [5, 5.41) is 3.52. The van der Waals surface area contributed by atoms with Gasteiger partial charge in [0.05, 0.1) is 6.04 Å². The van der Waals surface area contributed by atoms with E-state index in [9.17, 15) is 0 Å². The number of rotatable bonds is 7. The van der Waals surface area contributed by atoms with Gasteiger partial charge in [-0.2, -0.15) is 0 Å². The summed E-state index contributed by atoms with van der Waals surface area (Å²) in [6, 6.07) is 0.746. The van der Waals surface area contributed by atoms with E-state index in [-0.39, 0.29) is 12.3 Å². The minimum Gasteiger partial charge on any atom is -0.354 e. The largest absolute Gasteiger partial charge is 0.354 e. The van der Waals surface area contributed by atoms with Crippen molar-refractivity contribution in [2.75, 3.05) is 14.2 Å². The van der Waals surface area contributed by atoms with E-state index in [2.05, 4.69) is 33.0 Å². The molecule has 0 radical (unpaired) electrons. The van der Waals surface area contributed by atoms with Crippen molar-refractivity contribution >= 4 is 0 Å². The van der Waals surface area contributed by atoms with Crippen LogP contribution in [0, 0.1) is 5.92 Å². The second-order valence-corrected chi connectivity index (χ2v) is 4.05. The maximum Gasteiger partial charge on any atom is 0.171 e. The quantitative estimate of drug-likeness (QED) is 0.642. The Hall–Kier alpha value is -0.120. The smallest absolute Gasteiger partial charge is 0.171 e. The van der Waals surface area contributed by atoms with Gasteiger partial charge < -0.3 is 14.8 Å². The maximum absolute atomic E-state index is 5.20. The Morgan fingerprint density at radius 2 is 1.57 bits per heavy atom. The molecule has 14 heavy (non-hydrogen) atoms. The molecule has 0 rings (SSSR count).